The molecule has 1 amide bonds. The summed E-state index contributed by atoms with van der Waals surface area (Å²) in [5.41, 5.74) is 1.23. The van der Waals surface area contributed by atoms with Crippen LogP contribution in [0, 0.1) is 6.92 Å². The lowest BCUT2D eigenvalue weighted by molar-refractivity contribution is 0.0645. The van der Waals surface area contributed by atoms with E-state index in [0.29, 0.717) is 43.9 Å². The molecule has 1 saturated heterocycles. The Kier molecular flexibility index (Phi) is 4.64. The fraction of sp³-hybridized carbons (Fsp3) is 0.471. The minimum Gasteiger partial charge on any atom is -0.461 e. The monoisotopic (exact) mass is 350 g/mol. The van der Waals surface area contributed by atoms with Crippen LogP contribution in [-0.2, 0) is 9.84 Å². The Labute approximate surface area is 141 Å². The van der Waals surface area contributed by atoms with Crippen molar-refractivity contribution in [2.24, 2.45) is 0 Å². The molecule has 0 unspecified atom stereocenters. The summed E-state index contributed by atoms with van der Waals surface area (Å²) in [4.78, 5) is 16.7. The number of benzene rings is 1. The first-order chi connectivity index (χ1) is 11.3. The zero-order valence-corrected chi connectivity index (χ0v) is 14.8. The molecule has 6 nitrogen and oxygen atoms in total. The average molecular weight is 350 g/mol. The molecule has 130 valence electrons. The topological polar surface area (TPSA) is 70.8 Å². The number of hydrogen-bond acceptors (Lipinski definition) is 5. The van der Waals surface area contributed by atoms with Gasteiger partial charge in [0.25, 0.3) is 5.91 Å². The Morgan fingerprint density at radius 2 is 1.92 bits per heavy atom. The van der Waals surface area contributed by atoms with Gasteiger partial charge < -0.3 is 9.32 Å². The van der Waals surface area contributed by atoms with Gasteiger partial charge in [0.15, 0.2) is 0 Å². The van der Waals surface area contributed by atoms with Crippen molar-refractivity contribution in [2.75, 3.05) is 44.7 Å². The van der Waals surface area contributed by atoms with E-state index in [1.165, 1.54) is 6.26 Å². The lowest BCUT2D eigenvalue weighted by Crippen LogP contribution is -2.49. The van der Waals surface area contributed by atoms with Gasteiger partial charge in [-0.2, -0.15) is 0 Å². The second kappa shape index (κ2) is 6.57. The van der Waals surface area contributed by atoms with Gasteiger partial charge in [0.1, 0.15) is 21.2 Å². The molecule has 0 bridgehead atoms. The van der Waals surface area contributed by atoms with Crippen LogP contribution in [0.25, 0.3) is 11.0 Å². The predicted octanol–water partition coefficient (Wildman–Crippen LogP) is 1.54. The maximum Gasteiger partial charge on any atom is 0.257 e. The first kappa shape index (κ1) is 17.0. The molecule has 0 atom stereocenters. The van der Waals surface area contributed by atoms with E-state index in [4.69, 9.17) is 4.42 Å². The Morgan fingerprint density at radius 3 is 2.58 bits per heavy atom. The summed E-state index contributed by atoms with van der Waals surface area (Å²) in [6.07, 6.45) is 1.25. The molecular formula is C17H22N2O4S. The van der Waals surface area contributed by atoms with E-state index in [0.717, 1.165) is 11.1 Å². The third kappa shape index (κ3) is 3.79. The van der Waals surface area contributed by atoms with Crippen LogP contribution in [0.3, 0.4) is 0 Å². The number of rotatable bonds is 4. The van der Waals surface area contributed by atoms with Crippen molar-refractivity contribution in [3.8, 4) is 0 Å². The standard InChI is InChI=1S/C17H22N2O4S/c1-13-12-14-4-3-5-15(16(14)23-13)17(20)19-8-6-18(7-9-19)10-11-24(2,21)22/h3-5,12H,6-11H2,1-2H3. The van der Waals surface area contributed by atoms with Crippen molar-refractivity contribution < 1.29 is 17.6 Å². The summed E-state index contributed by atoms with van der Waals surface area (Å²) in [6, 6.07) is 7.53. The fourth-order valence-corrected chi connectivity index (χ4v) is 3.59. The van der Waals surface area contributed by atoms with Crippen LogP contribution in [0.15, 0.2) is 28.7 Å². The number of amides is 1. The van der Waals surface area contributed by atoms with Gasteiger partial charge in [-0.25, -0.2) is 8.42 Å². The van der Waals surface area contributed by atoms with E-state index >= 15 is 0 Å². The predicted molar refractivity (Wildman–Crippen MR) is 93.0 cm³/mol. The lowest BCUT2D eigenvalue weighted by Gasteiger charge is -2.34. The SMILES string of the molecule is Cc1cc2cccc(C(=O)N3CCN(CCS(C)(=O)=O)CC3)c2o1. The quantitative estimate of drug-likeness (QED) is 0.837. The summed E-state index contributed by atoms with van der Waals surface area (Å²) < 4.78 is 28.2. The minimum atomic E-state index is -2.95. The smallest absolute Gasteiger partial charge is 0.257 e. The molecule has 1 aromatic carbocycles. The van der Waals surface area contributed by atoms with Gasteiger partial charge in [-0.05, 0) is 19.1 Å². The second-order valence-corrected chi connectivity index (χ2v) is 8.60. The molecule has 2 aromatic rings. The van der Waals surface area contributed by atoms with E-state index in [-0.39, 0.29) is 11.7 Å². The van der Waals surface area contributed by atoms with Crippen LogP contribution in [0.2, 0.25) is 0 Å². The summed E-state index contributed by atoms with van der Waals surface area (Å²) in [6.45, 7) is 4.96. The summed E-state index contributed by atoms with van der Waals surface area (Å²) >= 11 is 0. The minimum absolute atomic E-state index is 0.0299. The van der Waals surface area contributed by atoms with E-state index in [1.54, 1.807) is 6.07 Å². The van der Waals surface area contributed by atoms with Crippen LogP contribution >= 0.6 is 0 Å². The molecule has 1 fully saturated rings. The third-order valence-electron chi connectivity index (χ3n) is 4.34. The molecular weight excluding hydrogens is 328 g/mol. The highest BCUT2D eigenvalue weighted by Crippen LogP contribution is 2.24. The number of furan rings is 1. The normalized spacial score (nSPS) is 16.7. The highest BCUT2D eigenvalue weighted by molar-refractivity contribution is 7.90. The van der Waals surface area contributed by atoms with Crippen molar-refractivity contribution in [1.82, 2.24) is 9.80 Å². The Bertz CT molecular complexity index is 849. The van der Waals surface area contributed by atoms with E-state index < -0.39 is 9.84 Å². The second-order valence-electron chi connectivity index (χ2n) is 6.34. The van der Waals surface area contributed by atoms with Crippen molar-refractivity contribution in [3.05, 3.63) is 35.6 Å². The molecule has 0 radical (unpaired) electrons. The molecule has 1 aliphatic heterocycles. The molecule has 24 heavy (non-hydrogen) atoms. The largest absolute Gasteiger partial charge is 0.461 e. The number of carbonyl (C=O) groups excluding carboxylic acids is 1. The molecule has 1 aliphatic rings. The first-order valence-electron chi connectivity index (χ1n) is 8.02. The number of hydrogen-bond donors (Lipinski definition) is 0. The zero-order valence-electron chi connectivity index (χ0n) is 14.0. The number of sulfone groups is 1. The van der Waals surface area contributed by atoms with Gasteiger partial charge in [0.2, 0.25) is 0 Å². The molecule has 0 N–H and O–H groups in total. The molecule has 3 rings (SSSR count). The molecule has 7 heteroatoms. The highest BCUT2D eigenvalue weighted by atomic mass is 32.2. The van der Waals surface area contributed by atoms with Gasteiger partial charge in [0.05, 0.1) is 11.3 Å². The number of para-hydroxylation sites is 1. The van der Waals surface area contributed by atoms with Gasteiger partial charge in [-0.15, -0.1) is 0 Å². The summed E-state index contributed by atoms with van der Waals surface area (Å²) in [5, 5.41) is 0.935. The third-order valence-corrected chi connectivity index (χ3v) is 5.26. The van der Waals surface area contributed by atoms with Crippen LogP contribution in [0.4, 0.5) is 0 Å². The molecule has 2 heterocycles. The Hall–Kier alpha value is -1.86. The van der Waals surface area contributed by atoms with E-state index in [2.05, 4.69) is 4.90 Å². The van der Waals surface area contributed by atoms with E-state index in [9.17, 15) is 13.2 Å². The number of carbonyl (C=O) groups is 1. The van der Waals surface area contributed by atoms with Crippen LogP contribution in [-0.4, -0.2) is 68.9 Å². The maximum atomic E-state index is 12.8. The molecule has 1 aromatic heterocycles. The van der Waals surface area contributed by atoms with Gasteiger partial charge in [0, 0.05) is 44.4 Å². The number of nitrogens with zero attached hydrogens (tertiary/aromatic N) is 2. The van der Waals surface area contributed by atoms with Crippen molar-refractivity contribution in [2.45, 2.75) is 6.92 Å². The Morgan fingerprint density at radius 1 is 1.21 bits per heavy atom. The van der Waals surface area contributed by atoms with Gasteiger partial charge in [-0.3, -0.25) is 9.69 Å². The summed E-state index contributed by atoms with van der Waals surface area (Å²) in [5.74, 6) is 0.917. The maximum absolute atomic E-state index is 12.8. The first-order valence-corrected chi connectivity index (χ1v) is 10.1. The fourth-order valence-electron chi connectivity index (χ4n) is 3.00. The number of fused-ring (bicyclic) bond motifs is 1. The van der Waals surface area contributed by atoms with Crippen LogP contribution in [0.1, 0.15) is 16.1 Å². The lowest BCUT2D eigenvalue weighted by atomic mass is 10.1. The van der Waals surface area contributed by atoms with Crippen molar-refractivity contribution >= 4 is 26.7 Å². The molecule has 0 saturated carbocycles. The van der Waals surface area contributed by atoms with E-state index in [1.807, 2.05) is 30.0 Å². The highest BCUT2D eigenvalue weighted by Gasteiger charge is 2.24. The van der Waals surface area contributed by atoms with Crippen molar-refractivity contribution in [1.29, 1.82) is 0 Å². The van der Waals surface area contributed by atoms with Crippen molar-refractivity contribution in [3.63, 3.8) is 0 Å². The van der Waals surface area contributed by atoms with Crippen LogP contribution in [0.5, 0.6) is 0 Å². The molecule has 0 spiro atoms. The van der Waals surface area contributed by atoms with Gasteiger partial charge in [-0.1, -0.05) is 12.1 Å². The number of piperazine rings is 1. The average Bonchev–Trinajstić information content (AvgIpc) is 2.92. The zero-order chi connectivity index (χ0) is 17.3. The molecule has 0 aliphatic carbocycles. The number of aryl methyl sites for hydroxylation is 1. The Balaban J connectivity index is 1.66. The van der Waals surface area contributed by atoms with Crippen LogP contribution < -0.4 is 0 Å². The van der Waals surface area contributed by atoms with Gasteiger partial charge >= 0.3 is 0 Å². The summed E-state index contributed by atoms with van der Waals surface area (Å²) in [7, 11) is -2.95.